The van der Waals surface area contributed by atoms with E-state index in [1.807, 2.05) is 36.4 Å². The summed E-state index contributed by atoms with van der Waals surface area (Å²) in [5, 5.41) is 7.18. The molecule has 3 nitrogen and oxygen atoms in total. The summed E-state index contributed by atoms with van der Waals surface area (Å²) < 4.78 is 6.37. The molecule has 57 heavy (non-hydrogen) atoms. The second-order valence-corrected chi connectivity index (χ2v) is 14.6. The maximum atomic E-state index is 6.37. The van der Waals surface area contributed by atoms with E-state index in [2.05, 4.69) is 170 Å². The molecule has 0 radical (unpaired) electrons. The number of hydrogen-bond donors (Lipinski definition) is 0. The number of fused-ring (bicyclic) bond motifs is 6. The molecule has 11 rings (SSSR count). The molecule has 0 atom stereocenters. The Hall–Kier alpha value is -7.62. The van der Waals surface area contributed by atoms with Gasteiger partial charge in [0.1, 0.15) is 11.2 Å². The van der Waals surface area contributed by atoms with Crippen LogP contribution in [0.3, 0.4) is 0 Å². The Morgan fingerprint density at radius 2 is 0.789 bits per heavy atom. The lowest BCUT2D eigenvalue weighted by molar-refractivity contribution is 0.670. The summed E-state index contributed by atoms with van der Waals surface area (Å²) in [5.41, 5.74) is 13.7. The standard InChI is InChI=1S/C54H34N2O/c1-3-10-35(11-4-1)36-18-22-38(23-19-36)50-34-51(56-54(55-50)40-12-5-2-6-13-40)39-24-20-37(21-25-39)41-28-30-45-42(32-41)26-27-43-33-44(29-31-46(43)45)47-15-9-16-49-48-14-7-8-17-52(48)57-53(47)49/h1-34H. The molecule has 0 spiro atoms. The Morgan fingerprint density at radius 3 is 1.46 bits per heavy atom. The minimum atomic E-state index is 0.708. The number of furan rings is 1. The Kier molecular flexibility index (Phi) is 7.82. The first-order valence-corrected chi connectivity index (χ1v) is 19.3. The largest absolute Gasteiger partial charge is 0.455 e. The molecule has 0 N–H and O–H groups in total. The van der Waals surface area contributed by atoms with Crippen molar-refractivity contribution in [3.63, 3.8) is 0 Å². The lowest BCUT2D eigenvalue weighted by atomic mass is 9.94. The van der Waals surface area contributed by atoms with Crippen molar-refractivity contribution in [1.29, 1.82) is 0 Å². The molecule has 0 saturated carbocycles. The van der Waals surface area contributed by atoms with Crippen LogP contribution in [0, 0.1) is 0 Å². The highest BCUT2D eigenvalue weighted by atomic mass is 16.3. The van der Waals surface area contributed by atoms with Crippen molar-refractivity contribution >= 4 is 43.5 Å². The highest BCUT2D eigenvalue weighted by molar-refractivity contribution is 6.12. The fourth-order valence-electron chi connectivity index (χ4n) is 8.15. The van der Waals surface area contributed by atoms with E-state index in [1.165, 1.54) is 38.2 Å². The number of hydrogen-bond acceptors (Lipinski definition) is 3. The summed E-state index contributed by atoms with van der Waals surface area (Å²) in [7, 11) is 0. The quantitative estimate of drug-likeness (QED) is 0.160. The summed E-state index contributed by atoms with van der Waals surface area (Å²) in [5.74, 6) is 0.708. The molecule has 266 valence electrons. The van der Waals surface area contributed by atoms with Crippen molar-refractivity contribution in [3.8, 4) is 67.3 Å². The third-order valence-corrected chi connectivity index (χ3v) is 11.1. The summed E-state index contributed by atoms with van der Waals surface area (Å²) >= 11 is 0. The van der Waals surface area contributed by atoms with Gasteiger partial charge < -0.3 is 4.42 Å². The van der Waals surface area contributed by atoms with Crippen LogP contribution in [0.5, 0.6) is 0 Å². The Balaban J connectivity index is 0.914. The van der Waals surface area contributed by atoms with Crippen LogP contribution in [0.1, 0.15) is 0 Å². The number of aromatic nitrogens is 2. The third kappa shape index (κ3) is 5.94. The molecular weight excluding hydrogens is 693 g/mol. The molecule has 0 fully saturated rings. The van der Waals surface area contributed by atoms with Gasteiger partial charge in [-0.2, -0.15) is 0 Å². The first kappa shape index (κ1) is 32.8. The molecule has 9 aromatic carbocycles. The zero-order valence-electron chi connectivity index (χ0n) is 30.9. The minimum Gasteiger partial charge on any atom is -0.455 e. The van der Waals surface area contributed by atoms with Gasteiger partial charge in [-0.1, -0.05) is 182 Å². The van der Waals surface area contributed by atoms with Crippen molar-refractivity contribution in [1.82, 2.24) is 9.97 Å². The van der Waals surface area contributed by atoms with Crippen LogP contribution in [-0.4, -0.2) is 9.97 Å². The highest BCUT2D eigenvalue weighted by Gasteiger charge is 2.14. The van der Waals surface area contributed by atoms with Crippen LogP contribution in [-0.2, 0) is 0 Å². The summed E-state index contributed by atoms with van der Waals surface area (Å²) in [6, 6.07) is 72.8. The summed E-state index contributed by atoms with van der Waals surface area (Å²) in [6.45, 7) is 0. The maximum Gasteiger partial charge on any atom is 0.160 e. The van der Waals surface area contributed by atoms with Crippen LogP contribution in [0.4, 0.5) is 0 Å². The lowest BCUT2D eigenvalue weighted by Crippen LogP contribution is -1.96. The van der Waals surface area contributed by atoms with Gasteiger partial charge in [-0.05, 0) is 73.6 Å². The predicted molar refractivity (Wildman–Crippen MR) is 237 cm³/mol. The molecule has 2 aromatic heterocycles. The van der Waals surface area contributed by atoms with Gasteiger partial charge in [0, 0.05) is 33.0 Å². The van der Waals surface area contributed by atoms with E-state index in [-0.39, 0.29) is 0 Å². The first-order chi connectivity index (χ1) is 28.2. The number of rotatable bonds is 6. The molecule has 0 saturated heterocycles. The van der Waals surface area contributed by atoms with Crippen molar-refractivity contribution in [2.24, 2.45) is 0 Å². The number of nitrogens with zero attached hydrogens (tertiary/aromatic N) is 2. The fourth-order valence-corrected chi connectivity index (χ4v) is 8.15. The number of para-hydroxylation sites is 2. The smallest absolute Gasteiger partial charge is 0.160 e. The molecule has 0 aliphatic heterocycles. The normalized spacial score (nSPS) is 11.5. The molecule has 0 aliphatic carbocycles. The van der Waals surface area contributed by atoms with E-state index in [0.717, 1.165) is 66.7 Å². The van der Waals surface area contributed by atoms with Crippen molar-refractivity contribution in [2.45, 2.75) is 0 Å². The minimum absolute atomic E-state index is 0.708. The van der Waals surface area contributed by atoms with Crippen LogP contribution in [0.15, 0.2) is 211 Å². The lowest BCUT2D eigenvalue weighted by Gasteiger charge is -2.11. The van der Waals surface area contributed by atoms with E-state index >= 15 is 0 Å². The van der Waals surface area contributed by atoms with Gasteiger partial charge in [0.2, 0.25) is 0 Å². The molecule has 0 aliphatic rings. The molecule has 11 aromatic rings. The maximum absolute atomic E-state index is 6.37. The Labute approximate surface area is 330 Å². The summed E-state index contributed by atoms with van der Waals surface area (Å²) in [6.07, 6.45) is 0. The summed E-state index contributed by atoms with van der Waals surface area (Å²) in [4.78, 5) is 10.1. The van der Waals surface area contributed by atoms with Crippen LogP contribution in [0.2, 0.25) is 0 Å². The zero-order valence-corrected chi connectivity index (χ0v) is 30.9. The first-order valence-electron chi connectivity index (χ1n) is 19.3. The number of benzene rings is 9. The van der Waals surface area contributed by atoms with Crippen LogP contribution in [0.25, 0.3) is 111 Å². The third-order valence-electron chi connectivity index (χ3n) is 11.1. The molecule has 0 unspecified atom stereocenters. The average Bonchev–Trinajstić information content (AvgIpc) is 3.68. The molecule has 3 heteroatoms. The van der Waals surface area contributed by atoms with Crippen molar-refractivity contribution < 1.29 is 4.42 Å². The van der Waals surface area contributed by atoms with E-state index in [1.54, 1.807) is 0 Å². The van der Waals surface area contributed by atoms with Crippen LogP contribution < -0.4 is 0 Å². The van der Waals surface area contributed by atoms with Crippen molar-refractivity contribution in [2.75, 3.05) is 0 Å². The Bertz CT molecular complexity index is 3260. The van der Waals surface area contributed by atoms with Crippen molar-refractivity contribution in [3.05, 3.63) is 206 Å². The SMILES string of the molecule is c1ccc(-c2ccc(-c3cc(-c4ccc(-c5ccc6c(ccc7cc(-c8cccc9c8oc8ccccc89)ccc76)c5)cc4)nc(-c4ccccc4)n3)cc2)cc1. The topological polar surface area (TPSA) is 38.9 Å². The van der Waals surface area contributed by atoms with Gasteiger partial charge in [0.15, 0.2) is 5.82 Å². The van der Waals surface area contributed by atoms with E-state index in [0.29, 0.717) is 5.82 Å². The second-order valence-electron chi connectivity index (χ2n) is 14.6. The van der Waals surface area contributed by atoms with Gasteiger partial charge in [0.25, 0.3) is 0 Å². The monoisotopic (exact) mass is 726 g/mol. The zero-order chi connectivity index (χ0) is 37.7. The fraction of sp³-hybridized carbons (Fsp3) is 0. The van der Waals surface area contributed by atoms with E-state index in [4.69, 9.17) is 14.4 Å². The molecule has 2 heterocycles. The molecular formula is C54H34N2O. The average molecular weight is 727 g/mol. The Morgan fingerprint density at radius 1 is 0.298 bits per heavy atom. The van der Waals surface area contributed by atoms with Gasteiger partial charge in [-0.3, -0.25) is 0 Å². The van der Waals surface area contributed by atoms with Gasteiger partial charge >= 0.3 is 0 Å². The van der Waals surface area contributed by atoms with Gasteiger partial charge in [0.05, 0.1) is 11.4 Å². The molecule has 0 amide bonds. The van der Waals surface area contributed by atoms with Crippen LogP contribution >= 0.6 is 0 Å². The van der Waals surface area contributed by atoms with E-state index in [9.17, 15) is 0 Å². The van der Waals surface area contributed by atoms with Gasteiger partial charge in [-0.15, -0.1) is 0 Å². The second kappa shape index (κ2) is 13.6. The molecule has 0 bridgehead atoms. The van der Waals surface area contributed by atoms with E-state index < -0.39 is 0 Å². The highest BCUT2D eigenvalue weighted by Crippen LogP contribution is 2.38. The predicted octanol–water partition coefficient (Wildman–Crippen LogP) is 14.7. The van der Waals surface area contributed by atoms with Gasteiger partial charge in [-0.25, -0.2) is 9.97 Å².